The lowest BCUT2D eigenvalue weighted by Crippen LogP contribution is -2.07. The molecule has 0 bridgehead atoms. The number of anilines is 1. The van der Waals surface area contributed by atoms with Crippen LogP contribution in [0.15, 0.2) is 12.1 Å². The average molecular weight is 195 g/mol. The summed E-state index contributed by atoms with van der Waals surface area (Å²) in [5.74, 6) is 0.793. The van der Waals surface area contributed by atoms with Crippen LogP contribution in [0.25, 0.3) is 0 Å². The highest BCUT2D eigenvalue weighted by molar-refractivity contribution is 5.83. The van der Waals surface area contributed by atoms with Gasteiger partial charge in [0, 0.05) is 5.69 Å². The smallest absolute Gasteiger partial charge is 0.409 e. The Labute approximate surface area is 82.5 Å². The van der Waals surface area contributed by atoms with Crippen molar-refractivity contribution >= 4 is 11.8 Å². The van der Waals surface area contributed by atoms with Crippen molar-refractivity contribution in [3.8, 4) is 5.75 Å². The second-order valence-corrected chi connectivity index (χ2v) is 3.07. The van der Waals surface area contributed by atoms with Crippen molar-refractivity contribution < 1.29 is 14.6 Å². The van der Waals surface area contributed by atoms with E-state index in [0.29, 0.717) is 5.69 Å². The molecule has 0 unspecified atom stereocenters. The minimum absolute atomic E-state index is 0.563. The first-order valence-electron chi connectivity index (χ1n) is 4.19. The number of hydrogen-bond donors (Lipinski definition) is 2. The summed E-state index contributed by atoms with van der Waals surface area (Å²) in [6.45, 7) is 3.75. The van der Waals surface area contributed by atoms with Crippen molar-refractivity contribution in [1.82, 2.24) is 0 Å². The monoisotopic (exact) mass is 195 g/mol. The van der Waals surface area contributed by atoms with Crippen molar-refractivity contribution in [2.45, 2.75) is 13.8 Å². The average Bonchev–Trinajstić information content (AvgIpc) is 2.01. The summed E-state index contributed by atoms with van der Waals surface area (Å²) in [5.41, 5.74) is 2.39. The van der Waals surface area contributed by atoms with Crippen LogP contribution in [0.2, 0.25) is 0 Å². The molecule has 1 aromatic carbocycles. The Hall–Kier alpha value is -1.71. The van der Waals surface area contributed by atoms with Gasteiger partial charge in [0.25, 0.3) is 0 Å². The topological polar surface area (TPSA) is 58.6 Å². The molecule has 1 amide bonds. The van der Waals surface area contributed by atoms with E-state index in [-0.39, 0.29) is 0 Å². The van der Waals surface area contributed by atoms with Crippen molar-refractivity contribution in [3.05, 3.63) is 23.3 Å². The molecule has 0 atom stereocenters. The van der Waals surface area contributed by atoms with Crippen LogP contribution in [-0.2, 0) is 0 Å². The highest BCUT2D eigenvalue weighted by Gasteiger charge is 2.06. The predicted octanol–water partition coefficient (Wildman–Crippen LogP) is 2.40. The van der Waals surface area contributed by atoms with Crippen molar-refractivity contribution in [3.63, 3.8) is 0 Å². The number of hydrogen-bond acceptors (Lipinski definition) is 2. The van der Waals surface area contributed by atoms with Crippen molar-refractivity contribution in [1.29, 1.82) is 0 Å². The molecule has 0 aliphatic carbocycles. The van der Waals surface area contributed by atoms with Crippen LogP contribution in [0.1, 0.15) is 11.1 Å². The molecule has 0 saturated heterocycles. The normalized spacial score (nSPS) is 9.64. The maximum atomic E-state index is 10.4. The molecule has 0 saturated carbocycles. The third-order valence-electron chi connectivity index (χ3n) is 1.92. The van der Waals surface area contributed by atoms with Gasteiger partial charge in [-0.15, -0.1) is 0 Å². The van der Waals surface area contributed by atoms with Gasteiger partial charge in [0.2, 0.25) is 0 Å². The number of benzene rings is 1. The van der Waals surface area contributed by atoms with E-state index in [1.165, 1.54) is 0 Å². The zero-order chi connectivity index (χ0) is 10.7. The summed E-state index contributed by atoms with van der Waals surface area (Å²) in [5, 5.41) is 10.8. The summed E-state index contributed by atoms with van der Waals surface area (Å²) in [4.78, 5) is 10.4. The molecule has 0 fully saturated rings. The first-order valence-corrected chi connectivity index (χ1v) is 4.19. The summed E-state index contributed by atoms with van der Waals surface area (Å²) in [6, 6.07) is 3.47. The number of aryl methyl sites for hydroxylation is 2. The zero-order valence-corrected chi connectivity index (χ0v) is 8.42. The molecule has 76 valence electrons. The van der Waals surface area contributed by atoms with E-state index < -0.39 is 6.09 Å². The Morgan fingerprint density at radius 3 is 2.21 bits per heavy atom. The Balaban J connectivity index is 3.07. The van der Waals surface area contributed by atoms with Crippen LogP contribution >= 0.6 is 0 Å². The first kappa shape index (κ1) is 10.4. The standard InChI is InChI=1S/C10H13NO3/c1-6-4-8(11-10(12)13)5-7(2)9(6)14-3/h4-5,11H,1-3H3,(H,12,13). The summed E-state index contributed by atoms with van der Waals surface area (Å²) in [6.07, 6.45) is -1.06. The number of carboxylic acid groups (broad SMARTS) is 1. The maximum Gasteiger partial charge on any atom is 0.409 e. The van der Waals surface area contributed by atoms with E-state index in [0.717, 1.165) is 16.9 Å². The van der Waals surface area contributed by atoms with E-state index in [4.69, 9.17) is 9.84 Å². The summed E-state index contributed by atoms with van der Waals surface area (Å²) in [7, 11) is 1.60. The first-order chi connectivity index (χ1) is 6.54. The van der Waals surface area contributed by atoms with Gasteiger partial charge >= 0.3 is 6.09 Å². The molecular formula is C10H13NO3. The van der Waals surface area contributed by atoms with Gasteiger partial charge in [0.05, 0.1) is 7.11 Å². The molecule has 0 aliphatic rings. The van der Waals surface area contributed by atoms with Gasteiger partial charge in [-0.2, -0.15) is 0 Å². The molecule has 2 N–H and O–H groups in total. The van der Waals surface area contributed by atoms with Gasteiger partial charge in [0.1, 0.15) is 5.75 Å². The number of nitrogens with one attached hydrogen (secondary N) is 1. The van der Waals surface area contributed by atoms with E-state index in [2.05, 4.69) is 5.32 Å². The second kappa shape index (κ2) is 4.00. The molecule has 0 aromatic heterocycles. The van der Waals surface area contributed by atoms with Crippen LogP contribution in [0.3, 0.4) is 0 Å². The van der Waals surface area contributed by atoms with Gasteiger partial charge in [-0.25, -0.2) is 4.79 Å². The zero-order valence-electron chi connectivity index (χ0n) is 8.42. The SMILES string of the molecule is COc1c(C)cc(NC(=O)O)cc1C. The quantitative estimate of drug-likeness (QED) is 0.761. The minimum Gasteiger partial charge on any atom is -0.496 e. The Bertz CT molecular complexity index is 337. The predicted molar refractivity (Wildman–Crippen MR) is 54.1 cm³/mol. The molecule has 0 aliphatic heterocycles. The highest BCUT2D eigenvalue weighted by atomic mass is 16.5. The molecule has 4 heteroatoms. The van der Waals surface area contributed by atoms with Gasteiger partial charge in [-0.1, -0.05) is 0 Å². The molecule has 1 rings (SSSR count). The number of amides is 1. The minimum atomic E-state index is -1.06. The van der Waals surface area contributed by atoms with E-state index in [1.807, 2.05) is 13.8 Å². The lowest BCUT2D eigenvalue weighted by molar-refractivity contribution is 0.209. The molecule has 1 aromatic rings. The molecule has 14 heavy (non-hydrogen) atoms. The molecule has 0 spiro atoms. The molecule has 0 radical (unpaired) electrons. The van der Waals surface area contributed by atoms with Crippen LogP contribution < -0.4 is 10.1 Å². The fraction of sp³-hybridized carbons (Fsp3) is 0.300. The molecule has 0 heterocycles. The molecule has 4 nitrogen and oxygen atoms in total. The number of methoxy groups -OCH3 is 1. The Kier molecular flexibility index (Phi) is 2.96. The third kappa shape index (κ3) is 2.16. The van der Waals surface area contributed by atoms with Crippen molar-refractivity contribution in [2.75, 3.05) is 12.4 Å². The third-order valence-corrected chi connectivity index (χ3v) is 1.92. The van der Waals surface area contributed by atoms with Crippen LogP contribution in [0.5, 0.6) is 5.75 Å². The van der Waals surface area contributed by atoms with Gasteiger partial charge in [-0.05, 0) is 37.1 Å². The van der Waals surface area contributed by atoms with Gasteiger partial charge in [-0.3, -0.25) is 5.32 Å². The highest BCUT2D eigenvalue weighted by Crippen LogP contribution is 2.26. The molecular weight excluding hydrogens is 182 g/mol. The van der Waals surface area contributed by atoms with E-state index >= 15 is 0 Å². The largest absolute Gasteiger partial charge is 0.496 e. The number of rotatable bonds is 2. The van der Waals surface area contributed by atoms with Crippen LogP contribution in [0.4, 0.5) is 10.5 Å². The maximum absolute atomic E-state index is 10.4. The van der Waals surface area contributed by atoms with Crippen LogP contribution in [0, 0.1) is 13.8 Å². The van der Waals surface area contributed by atoms with Crippen LogP contribution in [-0.4, -0.2) is 18.3 Å². The lowest BCUT2D eigenvalue weighted by Gasteiger charge is -2.10. The number of carbonyl (C=O) groups is 1. The van der Waals surface area contributed by atoms with Crippen molar-refractivity contribution in [2.24, 2.45) is 0 Å². The lowest BCUT2D eigenvalue weighted by atomic mass is 10.1. The van der Waals surface area contributed by atoms with E-state index in [1.54, 1.807) is 19.2 Å². The van der Waals surface area contributed by atoms with E-state index in [9.17, 15) is 4.79 Å². The number of ether oxygens (including phenoxy) is 1. The Morgan fingerprint density at radius 1 is 1.36 bits per heavy atom. The second-order valence-electron chi connectivity index (χ2n) is 3.07. The summed E-state index contributed by atoms with van der Waals surface area (Å²) >= 11 is 0. The fourth-order valence-corrected chi connectivity index (χ4v) is 1.47. The summed E-state index contributed by atoms with van der Waals surface area (Å²) < 4.78 is 5.16. The Morgan fingerprint density at radius 2 is 1.86 bits per heavy atom. The van der Waals surface area contributed by atoms with Gasteiger partial charge < -0.3 is 9.84 Å². The fourth-order valence-electron chi connectivity index (χ4n) is 1.47. The van der Waals surface area contributed by atoms with Gasteiger partial charge in [0.15, 0.2) is 0 Å².